The number of amides is 1. The summed E-state index contributed by atoms with van der Waals surface area (Å²) in [6.45, 7) is 2.98. The first-order chi connectivity index (χ1) is 5.29. The first-order valence-electron chi connectivity index (χ1n) is 3.61. The molecule has 1 amide bonds. The van der Waals surface area contributed by atoms with Gasteiger partial charge in [0.05, 0.1) is 6.67 Å². The Hall–Kier alpha value is -1.25. The molecule has 1 N–H and O–H groups in total. The van der Waals surface area contributed by atoms with E-state index >= 15 is 0 Å². The fourth-order valence-corrected chi connectivity index (χ4v) is 0.837. The molecule has 0 fully saturated rings. The lowest BCUT2D eigenvalue weighted by atomic mass is 10.4. The molecule has 0 atom stereocenters. The van der Waals surface area contributed by atoms with Gasteiger partial charge in [-0.3, -0.25) is 4.79 Å². The number of hydrogen-bond acceptors (Lipinski definition) is 2. The normalized spacial score (nSPS) is 15.2. The molecule has 3 nitrogen and oxygen atoms in total. The summed E-state index contributed by atoms with van der Waals surface area (Å²) in [7, 11) is 0. The van der Waals surface area contributed by atoms with Crippen molar-refractivity contribution in [3.63, 3.8) is 0 Å². The van der Waals surface area contributed by atoms with Crippen LogP contribution in [0.3, 0.4) is 0 Å². The highest BCUT2D eigenvalue weighted by atomic mass is 16.1. The zero-order valence-corrected chi connectivity index (χ0v) is 6.58. The van der Waals surface area contributed by atoms with Gasteiger partial charge in [-0.1, -0.05) is 12.2 Å². The Morgan fingerprint density at radius 3 is 3.00 bits per heavy atom. The molecule has 0 aromatic heterocycles. The summed E-state index contributed by atoms with van der Waals surface area (Å²) in [5, 5.41) is 2.72. The largest absolute Gasteiger partial charge is 0.356 e. The van der Waals surface area contributed by atoms with Crippen LogP contribution >= 0.6 is 0 Å². The Morgan fingerprint density at radius 1 is 1.64 bits per heavy atom. The molecule has 0 aromatic carbocycles. The molecule has 0 spiro atoms. The maximum absolute atomic E-state index is 10.5. The van der Waals surface area contributed by atoms with Gasteiger partial charge in [-0.25, -0.2) is 0 Å². The van der Waals surface area contributed by atoms with Gasteiger partial charge in [0, 0.05) is 19.7 Å². The Morgan fingerprint density at radius 2 is 2.45 bits per heavy atom. The van der Waals surface area contributed by atoms with E-state index in [1.165, 1.54) is 6.92 Å². The van der Waals surface area contributed by atoms with Crippen LogP contribution in [0.4, 0.5) is 0 Å². The summed E-state index contributed by atoms with van der Waals surface area (Å²) in [5.41, 5.74) is 0. The van der Waals surface area contributed by atoms with E-state index in [-0.39, 0.29) is 5.91 Å². The standard InChI is InChI=1S/C8H12N2O/c1-8(11)9-7-10-5-3-2-4-6-10/h2-5H,6-7H2,1H3,(H,9,11). The van der Waals surface area contributed by atoms with Crippen molar-refractivity contribution in [1.82, 2.24) is 10.2 Å². The van der Waals surface area contributed by atoms with Crippen molar-refractivity contribution < 1.29 is 4.79 Å². The average molecular weight is 152 g/mol. The second-order valence-electron chi connectivity index (χ2n) is 2.43. The van der Waals surface area contributed by atoms with Gasteiger partial charge < -0.3 is 10.2 Å². The lowest BCUT2D eigenvalue weighted by molar-refractivity contribution is -0.119. The van der Waals surface area contributed by atoms with Crippen LogP contribution in [-0.4, -0.2) is 24.0 Å². The van der Waals surface area contributed by atoms with Crippen LogP contribution in [-0.2, 0) is 4.79 Å². The van der Waals surface area contributed by atoms with Gasteiger partial charge in [0.25, 0.3) is 0 Å². The number of nitrogens with one attached hydrogen (secondary N) is 1. The molecular formula is C8H12N2O. The van der Waals surface area contributed by atoms with Crippen LogP contribution in [0.15, 0.2) is 24.4 Å². The molecule has 60 valence electrons. The van der Waals surface area contributed by atoms with Crippen molar-refractivity contribution in [2.45, 2.75) is 6.92 Å². The number of allylic oxidation sites excluding steroid dienone is 2. The van der Waals surface area contributed by atoms with Gasteiger partial charge in [0.2, 0.25) is 5.91 Å². The SMILES string of the molecule is CC(=O)NCN1C=CC=CC1. The Bertz CT molecular complexity index is 196. The van der Waals surface area contributed by atoms with Gasteiger partial charge >= 0.3 is 0 Å². The van der Waals surface area contributed by atoms with Gasteiger partial charge in [-0.15, -0.1) is 0 Å². The van der Waals surface area contributed by atoms with Crippen molar-refractivity contribution in [3.8, 4) is 0 Å². The zero-order valence-electron chi connectivity index (χ0n) is 6.58. The molecule has 0 saturated heterocycles. The van der Waals surface area contributed by atoms with E-state index in [1.54, 1.807) is 0 Å². The number of hydrogen-bond donors (Lipinski definition) is 1. The minimum Gasteiger partial charge on any atom is -0.356 e. The fourth-order valence-electron chi connectivity index (χ4n) is 0.837. The Balaban J connectivity index is 2.22. The van der Waals surface area contributed by atoms with E-state index in [0.717, 1.165) is 6.54 Å². The van der Waals surface area contributed by atoms with E-state index in [2.05, 4.69) is 5.32 Å². The molecule has 3 heteroatoms. The van der Waals surface area contributed by atoms with Crippen LogP contribution in [0.5, 0.6) is 0 Å². The molecule has 1 aliphatic heterocycles. The third kappa shape index (κ3) is 2.89. The number of carbonyl (C=O) groups is 1. The Kier molecular flexibility index (Phi) is 2.72. The van der Waals surface area contributed by atoms with Crippen LogP contribution in [0.2, 0.25) is 0 Å². The van der Waals surface area contributed by atoms with Gasteiger partial charge in [0.15, 0.2) is 0 Å². The molecule has 0 unspecified atom stereocenters. The third-order valence-electron chi connectivity index (χ3n) is 1.42. The zero-order chi connectivity index (χ0) is 8.10. The molecule has 0 bridgehead atoms. The maximum Gasteiger partial charge on any atom is 0.218 e. The van der Waals surface area contributed by atoms with Crippen LogP contribution in [0.25, 0.3) is 0 Å². The summed E-state index contributed by atoms with van der Waals surface area (Å²) < 4.78 is 0. The predicted molar refractivity (Wildman–Crippen MR) is 43.7 cm³/mol. The minimum atomic E-state index is 0.00736. The topological polar surface area (TPSA) is 32.3 Å². The molecular weight excluding hydrogens is 140 g/mol. The molecule has 1 aliphatic rings. The summed E-state index contributed by atoms with van der Waals surface area (Å²) in [6.07, 6.45) is 7.94. The molecule has 0 aromatic rings. The summed E-state index contributed by atoms with van der Waals surface area (Å²) in [6, 6.07) is 0. The Labute approximate surface area is 66.4 Å². The molecule has 0 radical (unpaired) electrons. The summed E-state index contributed by atoms with van der Waals surface area (Å²) in [4.78, 5) is 12.5. The minimum absolute atomic E-state index is 0.00736. The number of carbonyl (C=O) groups excluding carboxylic acids is 1. The number of rotatable bonds is 2. The average Bonchev–Trinajstić information content (AvgIpc) is 2.03. The predicted octanol–water partition coefficient (Wildman–Crippen LogP) is 0.466. The third-order valence-corrected chi connectivity index (χ3v) is 1.42. The quantitative estimate of drug-likeness (QED) is 0.623. The van der Waals surface area contributed by atoms with Crippen molar-refractivity contribution in [1.29, 1.82) is 0 Å². The van der Waals surface area contributed by atoms with Crippen molar-refractivity contribution >= 4 is 5.91 Å². The van der Waals surface area contributed by atoms with Crippen LogP contribution < -0.4 is 5.32 Å². The highest BCUT2D eigenvalue weighted by molar-refractivity contribution is 5.72. The van der Waals surface area contributed by atoms with Crippen molar-refractivity contribution in [2.75, 3.05) is 13.2 Å². The first kappa shape index (κ1) is 7.85. The van der Waals surface area contributed by atoms with Crippen LogP contribution in [0.1, 0.15) is 6.92 Å². The van der Waals surface area contributed by atoms with Crippen molar-refractivity contribution in [2.24, 2.45) is 0 Å². The van der Waals surface area contributed by atoms with E-state index in [0.29, 0.717) is 6.67 Å². The lowest BCUT2D eigenvalue weighted by Gasteiger charge is -2.19. The van der Waals surface area contributed by atoms with Gasteiger partial charge in [-0.05, 0) is 6.08 Å². The summed E-state index contributed by atoms with van der Waals surface area (Å²) in [5.74, 6) is 0.00736. The van der Waals surface area contributed by atoms with Crippen molar-refractivity contribution in [3.05, 3.63) is 24.4 Å². The highest BCUT2D eigenvalue weighted by Crippen LogP contribution is 1.95. The molecule has 0 saturated carbocycles. The highest BCUT2D eigenvalue weighted by Gasteiger charge is 1.98. The lowest BCUT2D eigenvalue weighted by Crippen LogP contribution is -2.33. The molecule has 1 rings (SSSR count). The van der Waals surface area contributed by atoms with Gasteiger partial charge in [0.1, 0.15) is 0 Å². The van der Waals surface area contributed by atoms with E-state index in [4.69, 9.17) is 0 Å². The fraction of sp³-hybridized carbons (Fsp3) is 0.375. The van der Waals surface area contributed by atoms with Crippen LogP contribution in [0, 0.1) is 0 Å². The van der Waals surface area contributed by atoms with E-state index in [1.807, 2.05) is 29.3 Å². The summed E-state index contributed by atoms with van der Waals surface area (Å²) >= 11 is 0. The second kappa shape index (κ2) is 3.81. The number of nitrogens with zero attached hydrogens (tertiary/aromatic N) is 1. The maximum atomic E-state index is 10.5. The molecule has 11 heavy (non-hydrogen) atoms. The monoisotopic (exact) mass is 152 g/mol. The van der Waals surface area contributed by atoms with E-state index < -0.39 is 0 Å². The molecule has 1 heterocycles. The molecule has 0 aliphatic carbocycles. The van der Waals surface area contributed by atoms with Gasteiger partial charge in [-0.2, -0.15) is 0 Å². The smallest absolute Gasteiger partial charge is 0.218 e. The van der Waals surface area contributed by atoms with E-state index in [9.17, 15) is 4.79 Å². The second-order valence-corrected chi connectivity index (χ2v) is 2.43. The first-order valence-corrected chi connectivity index (χ1v) is 3.61.